The highest BCUT2D eigenvalue weighted by Crippen LogP contribution is 2.23. The number of aliphatic hydroxyl groups is 1. The molecular weight excluding hydrogens is 470 g/mol. The number of nitrogens with zero attached hydrogens (tertiary/aromatic N) is 2. The van der Waals surface area contributed by atoms with E-state index in [0.29, 0.717) is 10.6 Å². The summed E-state index contributed by atoms with van der Waals surface area (Å²) in [6.07, 6.45) is -0.404. The molecule has 3 N–H and O–H groups in total. The predicted molar refractivity (Wildman–Crippen MR) is 130 cm³/mol. The van der Waals surface area contributed by atoms with Gasteiger partial charge in [0.25, 0.3) is 0 Å². The van der Waals surface area contributed by atoms with E-state index < -0.39 is 18.0 Å². The minimum absolute atomic E-state index is 0.0463. The number of carbonyl (C=O) groups excluding carboxylic acids is 1. The molecule has 35 heavy (non-hydrogen) atoms. The van der Waals surface area contributed by atoms with Crippen LogP contribution >= 0.6 is 11.6 Å². The van der Waals surface area contributed by atoms with Gasteiger partial charge in [0.05, 0.1) is 12.7 Å². The molecule has 1 atom stereocenters. The number of oxazole rings is 1. The zero-order valence-corrected chi connectivity index (χ0v) is 19.2. The van der Waals surface area contributed by atoms with Crippen molar-refractivity contribution in [2.75, 3.05) is 6.54 Å². The Morgan fingerprint density at radius 2 is 1.69 bits per heavy atom. The average Bonchev–Trinajstić information content (AvgIpc) is 3.35. The molecule has 9 heteroatoms. The van der Waals surface area contributed by atoms with Crippen LogP contribution in [0.4, 0.5) is 0 Å². The van der Waals surface area contributed by atoms with Crippen molar-refractivity contribution in [2.45, 2.75) is 12.6 Å². The number of carboxylic acids is 1. The molecule has 0 aliphatic heterocycles. The van der Waals surface area contributed by atoms with Crippen LogP contribution < -0.4 is 5.43 Å². The lowest BCUT2D eigenvalue weighted by Gasteiger charge is -2.24. The largest absolute Gasteiger partial charge is 0.479 e. The first kappa shape index (κ1) is 24.2. The molecule has 0 radical (unpaired) electrons. The highest BCUT2D eigenvalue weighted by atomic mass is 35.5. The maximum atomic E-state index is 12.8. The van der Waals surface area contributed by atoms with Crippen LogP contribution in [0.5, 0.6) is 0 Å². The van der Waals surface area contributed by atoms with Crippen LogP contribution in [0.25, 0.3) is 22.6 Å². The summed E-state index contributed by atoms with van der Waals surface area (Å²) in [5.41, 5.74) is 6.01. The first-order valence-corrected chi connectivity index (χ1v) is 11.1. The number of aliphatic hydroxyl groups excluding tert-OH is 1. The molecule has 0 saturated carbocycles. The van der Waals surface area contributed by atoms with Crippen LogP contribution in [0.15, 0.2) is 89.5 Å². The Kier molecular flexibility index (Phi) is 7.57. The minimum atomic E-state index is -1.70. The second-order valence-electron chi connectivity index (χ2n) is 7.78. The Hall–Kier alpha value is -3.98. The third kappa shape index (κ3) is 6.33. The Balaban J connectivity index is 1.48. The van der Waals surface area contributed by atoms with E-state index in [1.54, 1.807) is 18.2 Å². The van der Waals surface area contributed by atoms with Crippen molar-refractivity contribution in [1.29, 1.82) is 0 Å². The quantitative estimate of drug-likeness (QED) is 0.300. The van der Waals surface area contributed by atoms with Crippen molar-refractivity contribution in [2.24, 2.45) is 0 Å². The van der Waals surface area contributed by atoms with Gasteiger partial charge in [-0.15, -0.1) is 0 Å². The summed E-state index contributed by atoms with van der Waals surface area (Å²) in [4.78, 5) is 28.1. The molecule has 0 fully saturated rings. The van der Waals surface area contributed by atoms with Crippen molar-refractivity contribution in [3.8, 4) is 22.6 Å². The average molecular weight is 492 g/mol. The molecule has 0 spiro atoms. The van der Waals surface area contributed by atoms with Crippen LogP contribution in [0.1, 0.15) is 16.1 Å². The van der Waals surface area contributed by atoms with E-state index in [1.165, 1.54) is 11.2 Å². The topological polar surface area (TPSA) is 116 Å². The van der Waals surface area contributed by atoms with E-state index in [2.05, 4.69) is 10.4 Å². The number of nitrogens with one attached hydrogen (secondary N) is 1. The molecular formula is C26H22ClN3O5. The number of hydrazine groups is 1. The van der Waals surface area contributed by atoms with Crippen molar-refractivity contribution in [1.82, 2.24) is 15.4 Å². The number of benzene rings is 3. The van der Waals surface area contributed by atoms with E-state index in [-0.39, 0.29) is 24.7 Å². The summed E-state index contributed by atoms with van der Waals surface area (Å²) in [5.74, 6) is -1.78. The van der Waals surface area contributed by atoms with Crippen molar-refractivity contribution < 1.29 is 24.2 Å². The van der Waals surface area contributed by atoms with Gasteiger partial charge in [-0.1, -0.05) is 66.2 Å². The van der Waals surface area contributed by atoms with E-state index in [9.17, 15) is 14.7 Å². The zero-order valence-electron chi connectivity index (χ0n) is 18.5. The summed E-state index contributed by atoms with van der Waals surface area (Å²) >= 11 is 6.07. The second-order valence-corrected chi connectivity index (χ2v) is 8.21. The van der Waals surface area contributed by atoms with E-state index >= 15 is 0 Å². The third-order valence-corrected chi connectivity index (χ3v) is 5.41. The van der Waals surface area contributed by atoms with Crippen molar-refractivity contribution in [3.05, 3.63) is 101 Å². The number of carbonyl (C=O) groups is 2. The Morgan fingerprint density at radius 3 is 2.37 bits per heavy atom. The van der Waals surface area contributed by atoms with Crippen molar-refractivity contribution >= 4 is 23.5 Å². The molecule has 4 aromatic rings. The van der Waals surface area contributed by atoms with Gasteiger partial charge < -0.3 is 14.6 Å². The van der Waals surface area contributed by atoms with Gasteiger partial charge in [-0.3, -0.25) is 10.2 Å². The number of amides is 1. The summed E-state index contributed by atoms with van der Waals surface area (Å²) < 4.78 is 5.57. The number of carboxylic acid groups (broad SMARTS) is 1. The van der Waals surface area contributed by atoms with Gasteiger partial charge in [0, 0.05) is 17.1 Å². The highest BCUT2D eigenvalue weighted by Gasteiger charge is 2.22. The normalized spacial score (nSPS) is 11.9. The fourth-order valence-electron chi connectivity index (χ4n) is 3.42. The van der Waals surface area contributed by atoms with Gasteiger partial charge >= 0.3 is 11.9 Å². The molecule has 178 valence electrons. The molecule has 3 aromatic carbocycles. The van der Waals surface area contributed by atoms with Crippen molar-refractivity contribution in [3.63, 3.8) is 0 Å². The molecule has 1 amide bonds. The standard InChI is InChI=1S/C26H22ClN3O5/c27-21-8-4-7-20(13-21)18-11-9-17(10-12-18)15-30(16-22(31)26(33)34)29-24(32)23-14-28-25(35-23)19-5-2-1-3-6-19/h1-14,22,31H,15-16H2,(H,29,32)(H,33,34). The number of rotatable bonds is 9. The SMILES string of the molecule is O=C(NN(Cc1ccc(-c2cccc(Cl)c2)cc1)CC(O)C(=O)O)c1cnc(-c2ccccc2)o1. The van der Waals surface area contributed by atoms with Gasteiger partial charge in [0.15, 0.2) is 6.10 Å². The van der Waals surface area contributed by atoms with E-state index in [1.807, 2.05) is 60.7 Å². The molecule has 0 aliphatic carbocycles. The summed E-state index contributed by atoms with van der Waals surface area (Å²) in [7, 11) is 0. The van der Waals surface area contributed by atoms with Gasteiger partial charge in [0.2, 0.25) is 11.7 Å². The number of halogens is 1. The third-order valence-electron chi connectivity index (χ3n) is 5.17. The molecule has 0 bridgehead atoms. The van der Waals surface area contributed by atoms with Gasteiger partial charge in [-0.05, 0) is 41.0 Å². The summed E-state index contributed by atoms with van der Waals surface area (Å²) in [6, 6.07) is 24.1. The number of hydrogen-bond acceptors (Lipinski definition) is 6. The molecule has 8 nitrogen and oxygen atoms in total. The molecule has 0 aliphatic rings. The molecule has 0 saturated heterocycles. The molecule has 4 rings (SSSR count). The van der Waals surface area contributed by atoms with Gasteiger partial charge in [-0.2, -0.15) is 0 Å². The van der Waals surface area contributed by atoms with Crippen LogP contribution in [0, 0.1) is 0 Å². The lowest BCUT2D eigenvalue weighted by atomic mass is 10.0. The second kappa shape index (κ2) is 11.0. The number of aromatic nitrogens is 1. The zero-order chi connectivity index (χ0) is 24.8. The Bertz CT molecular complexity index is 1310. The van der Waals surface area contributed by atoms with E-state index in [4.69, 9.17) is 21.1 Å². The first-order chi connectivity index (χ1) is 16.9. The Labute approximate surface area is 206 Å². The monoisotopic (exact) mass is 491 g/mol. The predicted octanol–water partition coefficient (Wildman–Crippen LogP) is 4.25. The van der Waals surface area contributed by atoms with E-state index in [0.717, 1.165) is 16.7 Å². The summed E-state index contributed by atoms with van der Waals surface area (Å²) in [5, 5.41) is 21.0. The lowest BCUT2D eigenvalue weighted by Crippen LogP contribution is -2.47. The van der Waals surface area contributed by atoms with Crippen LogP contribution in [0.2, 0.25) is 5.02 Å². The lowest BCUT2D eigenvalue weighted by molar-refractivity contribution is -0.148. The highest BCUT2D eigenvalue weighted by molar-refractivity contribution is 6.30. The maximum absolute atomic E-state index is 12.8. The molecule has 1 heterocycles. The number of hydrogen-bond donors (Lipinski definition) is 3. The van der Waals surface area contributed by atoms with Gasteiger partial charge in [0.1, 0.15) is 0 Å². The fraction of sp³-hybridized carbons (Fsp3) is 0.115. The fourth-order valence-corrected chi connectivity index (χ4v) is 3.61. The van der Waals surface area contributed by atoms with Crippen LogP contribution in [-0.2, 0) is 11.3 Å². The van der Waals surface area contributed by atoms with Crippen LogP contribution in [-0.4, -0.2) is 44.7 Å². The maximum Gasteiger partial charge on any atom is 0.333 e. The van der Waals surface area contributed by atoms with Crippen LogP contribution in [0.3, 0.4) is 0 Å². The molecule has 1 aromatic heterocycles. The minimum Gasteiger partial charge on any atom is -0.479 e. The van der Waals surface area contributed by atoms with Gasteiger partial charge in [-0.25, -0.2) is 14.8 Å². The Morgan fingerprint density at radius 1 is 0.971 bits per heavy atom. The molecule has 1 unspecified atom stereocenters. The smallest absolute Gasteiger partial charge is 0.333 e. The summed E-state index contributed by atoms with van der Waals surface area (Å²) in [6.45, 7) is -0.192. The first-order valence-electron chi connectivity index (χ1n) is 10.7. The number of aliphatic carboxylic acids is 1.